The van der Waals surface area contributed by atoms with E-state index >= 15 is 0 Å². The summed E-state index contributed by atoms with van der Waals surface area (Å²) >= 11 is 0. The molecule has 1 aromatic rings. The zero-order chi connectivity index (χ0) is 34.0. The first kappa shape index (κ1) is 24.7. The van der Waals surface area contributed by atoms with E-state index in [2.05, 4.69) is 5.32 Å². The highest BCUT2D eigenvalue weighted by molar-refractivity contribution is 5.83. The third kappa shape index (κ3) is 11.2. The lowest BCUT2D eigenvalue weighted by molar-refractivity contribution is -0.130. The molecule has 0 aliphatic rings. The van der Waals surface area contributed by atoms with Crippen molar-refractivity contribution in [2.24, 2.45) is 40.6 Å². The van der Waals surface area contributed by atoms with Crippen LogP contribution in [0.5, 0.6) is 11.5 Å². The van der Waals surface area contributed by atoms with E-state index in [1.165, 1.54) is 0 Å². The number of hydrogen-bond acceptors (Lipinski definition) is 7. The molecule has 0 radical (unpaired) electrons. The molecule has 0 saturated carbocycles. The number of phenolic OH excluding ortho intramolecular Hbond substituents is 1. The molecule has 0 aliphatic heterocycles. The number of rotatable bonds is 18. The van der Waals surface area contributed by atoms with Gasteiger partial charge < -0.3 is 36.5 Å². The Bertz CT molecular complexity index is 1050. The second-order valence-electron chi connectivity index (χ2n) is 10.7. The quantitative estimate of drug-likeness (QED) is 0.178. The van der Waals surface area contributed by atoms with Gasteiger partial charge in [0.1, 0.15) is 0 Å². The molecular formula is C29H51N3O6. The number of hydrogen-bond donors (Lipinski definition) is 5. The van der Waals surface area contributed by atoms with Gasteiger partial charge in [-0.05, 0) is 68.4 Å². The molecule has 0 heterocycles. The SMILES string of the molecule is [2H]C([2H])([2H])C(CNC(=O)[C@@H](C[C@H](O)[C@@H](N)C[C@H](Cc1ccc(O)c(OCCCOC)c1)C(C)C)C(C)C)(C(N)=O)C([2H])([2H])[2H]. The van der Waals surface area contributed by atoms with Gasteiger partial charge in [-0.1, -0.05) is 33.8 Å². The molecule has 0 bridgehead atoms. The number of carbonyl (C=O) groups is 2. The number of primary amides is 1. The zero-order valence-electron chi connectivity index (χ0n) is 29.3. The molecule has 0 unspecified atom stereocenters. The Balaban J connectivity index is 3.00. The van der Waals surface area contributed by atoms with Crippen molar-refractivity contribution in [3.8, 4) is 11.5 Å². The fourth-order valence-corrected chi connectivity index (χ4v) is 4.14. The average molecular weight is 544 g/mol. The molecule has 2 amide bonds. The first-order chi connectivity index (χ1) is 20.2. The largest absolute Gasteiger partial charge is 0.504 e. The molecule has 1 rings (SSSR count). The maximum Gasteiger partial charge on any atom is 0.224 e. The van der Waals surface area contributed by atoms with Crippen LogP contribution in [0.3, 0.4) is 0 Å². The number of methoxy groups -OCH3 is 1. The average Bonchev–Trinajstić information content (AvgIpc) is 2.88. The van der Waals surface area contributed by atoms with Crippen molar-refractivity contribution in [1.82, 2.24) is 5.32 Å². The molecule has 38 heavy (non-hydrogen) atoms. The van der Waals surface area contributed by atoms with E-state index in [0.717, 1.165) is 5.56 Å². The van der Waals surface area contributed by atoms with Gasteiger partial charge in [0.15, 0.2) is 11.5 Å². The fraction of sp³-hybridized carbons (Fsp3) is 0.724. The molecule has 9 heteroatoms. The minimum absolute atomic E-state index is 0.0307. The lowest BCUT2D eigenvalue weighted by atomic mass is 9.80. The van der Waals surface area contributed by atoms with Gasteiger partial charge in [-0.15, -0.1) is 0 Å². The third-order valence-electron chi connectivity index (χ3n) is 6.87. The number of aliphatic hydroxyl groups excluding tert-OH is 1. The van der Waals surface area contributed by atoms with Crippen LogP contribution in [0.2, 0.25) is 0 Å². The van der Waals surface area contributed by atoms with E-state index in [1.807, 2.05) is 13.8 Å². The second kappa shape index (κ2) is 15.9. The van der Waals surface area contributed by atoms with Crippen molar-refractivity contribution in [3.05, 3.63) is 23.8 Å². The van der Waals surface area contributed by atoms with Gasteiger partial charge in [-0.25, -0.2) is 0 Å². The molecule has 0 spiro atoms. The van der Waals surface area contributed by atoms with Crippen LogP contribution in [0.4, 0.5) is 0 Å². The minimum atomic E-state index is -3.31. The van der Waals surface area contributed by atoms with Gasteiger partial charge in [0.25, 0.3) is 0 Å². The number of nitrogens with one attached hydrogen (secondary N) is 1. The zero-order valence-corrected chi connectivity index (χ0v) is 23.3. The molecule has 9 nitrogen and oxygen atoms in total. The Labute approximate surface area is 237 Å². The highest BCUT2D eigenvalue weighted by Gasteiger charge is 2.32. The first-order valence-corrected chi connectivity index (χ1v) is 13.1. The van der Waals surface area contributed by atoms with Crippen molar-refractivity contribution in [1.29, 1.82) is 0 Å². The van der Waals surface area contributed by atoms with Crippen LogP contribution in [0.1, 0.15) is 74.4 Å². The second-order valence-corrected chi connectivity index (χ2v) is 10.7. The summed E-state index contributed by atoms with van der Waals surface area (Å²) in [4.78, 5) is 25.3. The minimum Gasteiger partial charge on any atom is -0.504 e. The maximum absolute atomic E-state index is 13.2. The number of benzene rings is 1. The van der Waals surface area contributed by atoms with Crippen LogP contribution in [0.25, 0.3) is 0 Å². The van der Waals surface area contributed by atoms with E-state index in [-0.39, 0.29) is 29.9 Å². The summed E-state index contributed by atoms with van der Waals surface area (Å²) in [6.07, 6.45) is 0.501. The summed E-state index contributed by atoms with van der Waals surface area (Å²) in [5.74, 6) is -2.86. The van der Waals surface area contributed by atoms with Crippen LogP contribution in [0, 0.1) is 29.1 Å². The van der Waals surface area contributed by atoms with Gasteiger partial charge >= 0.3 is 0 Å². The predicted molar refractivity (Wildman–Crippen MR) is 150 cm³/mol. The molecule has 218 valence electrons. The van der Waals surface area contributed by atoms with E-state index in [9.17, 15) is 19.8 Å². The fourth-order valence-electron chi connectivity index (χ4n) is 4.14. The van der Waals surface area contributed by atoms with Crippen LogP contribution < -0.4 is 21.5 Å². The standard InChI is InChI=1S/C29H51N3O6/c1-18(2)21(13-20-9-10-24(33)26(14-20)38-12-8-11-37-7)15-23(30)25(34)16-22(19(3)4)27(35)32-17-29(5,6)28(31)36/h9-10,14,18-19,21-23,25,33-34H,8,11-13,15-17,30H2,1-7H3,(H2,31,36)(H,32,35)/t21-,22-,23-,25-/m0/s1/i5D3,6D3. The first-order valence-electron chi connectivity index (χ1n) is 16.1. The highest BCUT2D eigenvalue weighted by atomic mass is 16.5. The topological polar surface area (TPSA) is 157 Å². The number of aliphatic hydroxyl groups is 1. The summed E-state index contributed by atoms with van der Waals surface area (Å²) in [6.45, 7) is 0.820. The van der Waals surface area contributed by atoms with Crippen LogP contribution in [-0.2, 0) is 20.7 Å². The predicted octanol–water partition coefficient (Wildman–Crippen LogP) is 2.99. The van der Waals surface area contributed by atoms with Crippen molar-refractivity contribution in [2.75, 3.05) is 26.9 Å². The van der Waals surface area contributed by atoms with E-state index < -0.39 is 55.5 Å². The van der Waals surface area contributed by atoms with Gasteiger partial charge in [0.05, 0.1) is 18.1 Å². The summed E-state index contributed by atoms with van der Waals surface area (Å²) in [5.41, 5.74) is 9.64. The normalized spacial score (nSPS) is 18.2. The van der Waals surface area contributed by atoms with Gasteiger partial charge in [-0.3, -0.25) is 9.59 Å². The number of aromatic hydroxyl groups is 1. The number of ether oxygens (including phenoxy) is 2. The Hall–Kier alpha value is -2.36. The van der Waals surface area contributed by atoms with Crippen molar-refractivity contribution >= 4 is 11.8 Å². The van der Waals surface area contributed by atoms with Crippen LogP contribution >= 0.6 is 0 Å². The Morgan fingerprint density at radius 1 is 1.13 bits per heavy atom. The molecule has 1 aromatic carbocycles. The molecule has 0 fully saturated rings. The van der Waals surface area contributed by atoms with Crippen molar-refractivity contribution in [3.63, 3.8) is 0 Å². The lowest BCUT2D eigenvalue weighted by Crippen LogP contribution is -2.46. The van der Waals surface area contributed by atoms with Gasteiger partial charge in [0, 0.05) is 46.9 Å². The highest BCUT2D eigenvalue weighted by Crippen LogP contribution is 2.31. The van der Waals surface area contributed by atoms with E-state index in [0.29, 0.717) is 38.2 Å². The summed E-state index contributed by atoms with van der Waals surface area (Å²) < 4.78 is 57.0. The van der Waals surface area contributed by atoms with Crippen molar-refractivity contribution < 1.29 is 37.5 Å². The van der Waals surface area contributed by atoms with Gasteiger partial charge in [0.2, 0.25) is 11.8 Å². The van der Waals surface area contributed by atoms with Crippen molar-refractivity contribution in [2.45, 2.75) is 79.2 Å². The van der Waals surface area contributed by atoms with Crippen LogP contribution in [0.15, 0.2) is 18.2 Å². The number of carbonyl (C=O) groups excluding carboxylic acids is 2. The van der Waals surface area contributed by atoms with Gasteiger partial charge in [-0.2, -0.15) is 0 Å². The smallest absolute Gasteiger partial charge is 0.224 e. The van der Waals surface area contributed by atoms with E-state index in [1.54, 1.807) is 39.2 Å². The number of phenols is 1. The molecule has 0 saturated heterocycles. The van der Waals surface area contributed by atoms with Crippen LogP contribution in [-0.4, -0.2) is 61.0 Å². The Morgan fingerprint density at radius 2 is 1.82 bits per heavy atom. The summed E-state index contributed by atoms with van der Waals surface area (Å²) in [7, 11) is 1.60. The lowest BCUT2D eigenvalue weighted by Gasteiger charge is -2.30. The molecule has 7 N–H and O–H groups in total. The maximum atomic E-state index is 13.2. The Kier molecular flexibility index (Phi) is 10.3. The molecule has 4 atom stereocenters. The molecular weight excluding hydrogens is 486 g/mol. The Morgan fingerprint density at radius 3 is 2.37 bits per heavy atom. The summed E-state index contributed by atoms with van der Waals surface area (Å²) in [5, 5.41) is 23.6. The molecule has 0 aliphatic carbocycles. The molecule has 0 aromatic heterocycles. The number of nitrogens with two attached hydrogens (primary N) is 2. The third-order valence-corrected chi connectivity index (χ3v) is 6.87. The monoisotopic (exact) mass is 543 g/mol. The summed E-state index contributed by atoms with van der Waals surface area (Å²) in [6, 6.07) is 4.44. The number of amides is 2. The van der Waals surface area contributed by atoms with E-state index in [4.69, 9.17) is 29.2 Å².